The minimum absolute atomic E-state index is 0.426. The molecule has 1 aliphatic carbocycles. The lowest BCUT2D eigenvalue weighted by atomic mass is 10.3. The van der Waals surface area contributed by atoms with Crippen LogP contribution in [0.15, 0.2) is 24.3 Å². The lowest BCUT2D eigenvalue weighted by Crippen LogP contribution is -2.03. The van der Waals surface area contributed by atoms with Gasteiger partial charge in [-0.05, 0) is 24.6 Å². The Hall–Kier alpha value is -1.02. The highest BCUT2D eigenvalue weighted by Crippen LogP contribution is 2.33. The van der Waals surface area contributed by atoms with E-state index in [9.17, 15) is 0 Å². The topological polar surface area (TPSA) is 18.5 Å². The molecule has 2 unspecified atom stereocenters. The van der Waals surface area contributed by atoms with Gasteiger partial charge in [-0.1, -0.05) is 12.1 Å². The fourth-order valence-corrected chi connectivity index (χ4v) is 1.35. The van der Waals surface area contributed by atoms with Crippen LogP contribution in [0.25, 0.3) is 0 Å². The van der Waals surface area contributed by atoms with Crippen molar-refractivity contribution < 1.29 is 9.47 Å². The molecule has 1 aliphatic rings. The second-order valence-electron chi connectivity index (χ2n) is 3.32. The third-order valence-corrected chi connectivity index (χ3v) is 2.31. The van der Waals surface area contributed by atoms with E-state index in [0.717, 1.165) is 18.8 Å². The monoisotopic (exact) mass is 177 g/mol. The summed E-state index contributed by atoms with van der Waals surface area (Å²) < 4.78 is 10.7. The molecule has 2 rings (SSSR count). The van der Waals surface area contributed by atoms with E-state index in [1.807, 2.05) is 24.3 Å². The minimum Gasteiger partial charge on any atom is -0.493 e. The van der Waals surface area contributed by atoms with E-state index in [0.29, 0.717) is 12.0 Å². The van der Waals surface area contributed by atoms with Crippen LogP contribution in [-0.2, 0) is 4.74 Å². The van der Waals surface area contributed by atoms with Crippen molar-refractivity contribution in [2.24, 2.45) is 5.92 Å². The van der Waals surface area contributed by atoms with E-state index in [1.165, 1.54) is 0 Å². The first kappa shape index (κ1) is 8.57. The molecule has 2 heteroatoms. The first-order valence-electron chi connectivity index (χ1n) is 4.52. The summed E-state index contributed by atoms with van der Waals surface area (Å²) in [6.07, 6.45) is 1.56. The summed E-state index contributed by atoms with van der Waals surface area (Å²) >= 11 is 0. The molecule has 1 saturated carbocycles. The Labute approximate surface area is 78.5 Å². The van der Waals surface area contributed by atoms with Crippen molar-refractivity contribution in [1.82, 2.24) is 0 Å². The maximum Gasteiger partial charge on any atom is 0.119 e. The van der Waals surface area contributed by atoms with Crippen LogP contribution in [0.2, 0.25) is 0 Å². The van der Waals surface area contributed by atoms with Crippen LogP contribution in [0, 0.1) is 12.0 Å². The molecule has 1 radical (unpaired) electrons. The molecule has 0 amide bonds. The summed E-state index contributed by atoms with van der Waals surface area (Å²) in [5, 5.41) is 0. The standard InChI is InChI=1S/C11H13O2/c1-12-11-7-9(11)8-13-10-5-3-2-4-6-10/h3-6,9,11H,7-8H2,1H3. The van der Waals surface area contributed by atoms with Gasteiger partial charge in [0, 0.05) is 13.0 Å². The molecule has 13 heavy (non-hydrogen) atoms. The predicted molar refractivity (Wildman–Crippen MR) is 49.7 cm³/mol. The molecular weight excluding hydrogens is 164 g/mol. The SMILES string of the molecule is COC1CC1COc1cc[c]cc1. The van der Waals surface area contributed by atoms with Gasteiger partial charge in [0.2, 0.25) is 0 Å². The van der Waals surface area contributed by atoms with E-state index in [-0.39, 0.29) is 0 Å². The Morgan fingerprint density at radius 1 is 1.46 bits per heavy atom. The van der Waals surface area contributed by atoms with Crippen molar-refractivity contribution >= 4 is 0 Å². The molecule has 1 aromatic carbocycles. The molecule has 69 valence electrons. The fraction of sp³-hybridized carbons (Fsp3) is 0.455. The third kappa shape index (κ3) is 2.22. The molecule has 2 atom stereocenters. The van der Waals surface area contributed by atoms with E-state index in [1.54, 1.807) is 7.11 Å². The Bertz CT molecular complexity index is 258. The molecule has 0 heterocycles. The summed E-state index contributed by atoms with van der Waals surface area (Å²) in [6.45, 7) is 0.766. The van der Waals surface area contributed by atoms with Gasteiger partial charge in [-0.3, -0.25) is 0 Å². The number of hydrogen-bond acceptors (Lipinski definition) is 2. The van der Waals surface area contributed by atoms with Gasteiger partial charge in [-0.25, -0.2) is 0 Å². The summed E-state index contributed by atoms with van der Waals surface area (Å²) in [4.78, 5) is 0. The van der Waals surface area contributed by atoms with Crippen molar-refractivity contribution in [3.05, 3.63) is 30.3 Å². The lowest BCUT2D eigenvalue weighted by molar-refractivity contribution is 0.155. The Kier molecular flexibility index (Phi) is 2.50. The van der Waals surface area contributed by atoms with Crippen LogP contribution in [-0.4, -0.2) is 19.8 Å². The van der Waals surface area contributed by atoms with Crippen molar-refractivity contribution in [3.63, 3.8) is 0 Å². The van der Waals surface area contributed by atoms with Crippen molar-refractivity contribution in [3.8, 4) is 5.75 Å². The second kappa shape index (κ2) is 3.79. The van der Waals surface area contributed by atoms with Gasteiger partial charge in [-0.15, -0.1) is 0 Å². The Morgan fingerprint density at radius 3 is 2.85 bits per heavy atom. The van der Waals surface area contributed by atoms with Crippen LogP contribution in [0.1, 0.15) is 6.42 Å². The first-order valence-corrected chi connectivity index (χ1v) is 4.52. The summed E-state index contributed by atoms with van der Waals surface area (Å²) in [5.74, 6) is 1.51. The average Bonchev–Trinajstić information content (AvgIpc) is 2.95. The Balaban J connectivity index is 1.75. The quantitative estimate of drug-likeness (QED) is 0.699. The number of ether oxygens (including phenoxy) is 2. The summed E-state index contributed by atoms with van der Waals surface area (Å²) in [6, 6.07) is 10.5. The van der Waals surface area contributed by atoms with E-state index < -0.39 is 0 Å². The molecule has 2 nitrogen and oxygen atoms in total. The number of rotatable bonds is 4. The van der Waals surface area contributed by atoms with Gasteiger partial charge in [0.25, 0.3) is 0 Å². The molecule has 0 aromatic heterocycles. The second-order valence-corrected chi connectivity index (χ2v) is 3.32. The number of benzene rings is 1. The van der Waals surface area contributed by atoms with Crippen molar-refractivity contribution in [1.29, 1.82) is 0 Å². The van der Waals surface area contributed by atoms with Gasteiger partial charge >= 0.3 is 0 Å². The van der Waals surface area contributed by atoms with E-state index in [4.69, 9.17) is 9.47 Å². The lowest BCUT2D eigenvalue weighted by Gasteiger charge is -2.04. The first-order chi connectivity index (χ1) is 6.40. The fourth-order valence-electron chi connectivity index (χ4n) is 1.35. The normalized spacial score (nSPS) is 25.6. The Morgan fingerprint density at radius 2 is 2.23 bits per heavy atom. The zero-order chi connectivity index (χ0) is 9.10. The van der Waals surface area contributed by atoms with Gasteiger partial charge in [-0.2, -0.15) is 0 Å². The van der Waals surface area contributed by atoms with Gasteiger partial charge in [0.05, 0.1) is 12.7 Å². The van der Waals surface area contributed by atoms with Crippen molar-refractivity contribution in [2.45, 2.75) is 12.5 Å². The number of hydrogen-bond donors (Lipinski definition) is 0. The van der Waals surface area contributed by atoms with Crippen LogP contribution >= 0.6 is 0 Å². The average molecular weight is 177 g/mol. The molecule has 0 N–H and O–H groups in total. The van der Waals surface area contributed by atoms with Crippen LogP contribution in [0.4, 0.5) is 0 Å². The van der Waals surface area contributed by atoms with Crippen LogP contribution in [0.3, 0.4) is 0 Å². The molecule has 0 aliphatic heterocycles. The minimum atomic E-state index is 0.426. The zero-order valence-corrected chi connectivity index (χ0v) is 7.69. The summed E-state index contributed by atoms with van der Waals surface area (Å²) in [5.41, 5.74) is 0. The van der Waals surface area contributed by atoms with Gasteiger partial charge in [0.1, 0.15) is 5.75 Å². The molecule has 0 bridgehead atoms. The highest BCUT2D eigenvalue weighted by molar-refractivity contribution is 5.20. The van der Waals surface area contributed by atoms with E-state index in [2.05, 4.69) is 6.07 Å². The maximum absolute atomic E-state index is 5.56. The largest absolute Gasteiger partial charge is 0.493 e. The maximum atomic E-state index is 5.56. The molecule has 1 aromatic rings. The number of methoxy groups -OCH3 is 1. The van der Waals surface area contributed by atoms with E-state index >= 15 is 0 Å². The molecule has 1 fully saturated rings. The highest BCUT2D eigenvalue weighted by Gasteiger charge is 2.37. The predicted octanol–water partition coefficient (Wildman–Crippen LogP) is 1.90. The van der Waals surface area contributed by atoms with Crippen molar-refractivity contribution in [2.75, 3.05) is 13.7 Å². The van der Waals surface area contributed by atoms with Crippen LogP contribution < -0.4 is 4.74 Å². The highest BCUT2D eigenvalue weighted by atomic mass is 16.5. The van der Waals surface area contributed by atoms with Gasteiger partial charge < -0.3 is 9.47 Å². The smallest absolute Gasteiger partial charge is 0.119 e. The molecule has 0 spiro atoms. The third-order valence-electron chi connectivity index (χ3n) is 2.31. The van der Waals surface area contributed by atoms with Gasteiger partial charge in [0.15, 0.2) is 0 Å². The molecule has 0 saturated heterocycles. The van der Waals surface area contributed by atoms with Crippen LogP contribution in [0.5, 0.6) is 5.75 Å². The zero-order valence-electron chi connectivity index (χ0n) is 7.69. The molecular formula is C11H13O2. The summed E-state index contributed by atoms with van der Waals surface area (Å²) in [7, 11) is 1.75.